The summed E-state index contributed by atoms with van der Waals surface area (Å²) in [6.07, 6.45) is -3.35. The van der Waals surface area contributed by atoms with Gasteiger partial charge in [0.15, 0.2) is 17.3 Å². The molecule has 0 aliphatic rings. The van der Waals surface area contributed by atoms with Gasteiger partial charge >= 0.3 is 12.2 Å². The first-order valence-corrected chi connectivity index (χ1v) is 11.7. The number of carbonyl (C=O) groups is 1. The second kappa shape index (κ2) is 10.8. The van der Waals surface area contributed by atoms with Crippen LogP contribution in [0.5, 0.6) is 23.1 Å². The lowest BCUT2D eigenvalue weighted by molar-refractivity contribution is -0.142. The van der Waals surface area contributed by atoms with Crippen LogP contribution in [0.1, 0.15) is 5.69 Å². The van der Waals surface area contributed by atoms with Gasteiger partial charge in [-0.05, 0) is 30.3 Å². The van der Waals surface area contributed by atoms with E-state index in [0.717, 1.165) is 10.7 Å². The van der Waals surface area contributed by atoms with Crippen molar-refractivity contribution in [3.05, 3.63) is 84.8 Å². The molecule has 0 aliphatic heterocycles. The van der Waals surface area contributed by atoms with Crippen LogP contribution in [0.2, 0.25) is 0 Å². The Hall–Kier alpha value is -5.33. The number of hydrogen-bond acceptors (Lipinski definition) is 7. The number of fused-ring (bicyclic) bond motifs is 1. The predicted molar refractivity (Wildman–Crippen MR) is 140 cm³/mol. The van der Waals surface area contributed by atoms with Crippen molar-refractivity contribution in [2.75, 3.05) is 24.9 Å². The zero-order valence-electron chi connectivity index (χ0n) is 21.1. The number of methoxy groups -OCH3 is 2. The molecule has 2 amide bonds. The zero-order chi connectivity index (χ0) is 28.3. The van der Waals surface area contributed by atoms with Crippen molar-refractivity contribution >= 4 is 28.4 Å². The van der Waals surface area contributed by atoms with E-state index < -0.39 is 17.9 Å². The molecule has 13 heteroatoms. The topological polar surface area (TPSA) is 112 Å². The lowest BCUT2D eigenvalue weighted by atomic mass is 10.2. The first-order valence-electron chi connectivity index (χ1n) is 11.7. The second-order valence-electron chi connectivity index (χ2n) is 8.27. The van der Waals surface area contributed by atoms with Gasteiger partial charge in [0.05, 0.1) is 30.8 Å². The molecule has 0 aliphatic carbocycles. The Bertz CT molecular complexity index is 1670. The molecule has 2 aromatic heterocycles. The molecule has 10 nitrogen and oxygen atoms in total. The number of aromatic nitrogens is 4. The highest BCUT2D eigenvalue weighted by atomic mass is 19.4. The monoisotopic (exact) mass is 550 g/mol. The van der Waals surface area contributed by atoms with Crippen molar-refractivity contribution in [3.8, 4) is 28.8 Å². The number of carbonyl (C=O) groups excluding carboxylic acids is 1. The molecule has 0 saturated carbocycles. The Morgan fingerprint density at radius 1 is 0.875 bits per heavy atom. The molecular weight excluding hydrogens is 529 g/mol. The minimum Gasteiger partial charge on any atom is -0.493 e. The Labute approximate surface area is 225 Å². The van der Waals surface area contributed by atoms with Crippen LogP contribution in [0.25, 0.3) is 16.6 Å². The maximum atomic E-state index is 13.6. The molecule has 2 heterocycles. The van der Waals surface area contributed by atoms with E-state index in [1.807, 2.05) is 0 Å². The van der Waals surface area contributed by atoms with E-state index in [9.17, 15) is 18.0 Å². The summed E-state index contributed by atoms with van der Waals surface area (Å²) in [4.78, 5) is 21.1. The minimum atomic E-state index is -4.69. The van der Waals surface area contributed by atoms with Crippen LogP contribution in [-0.2, 0) is 6.18 Å². The maximum Gasteiger partial charge on any atom is 0.433 e. The average molecular weight is 550 g/mol. The molecule has 0 fully saturated rings. The lowest BCUT2D eigenvalue weighted by Crippen LogP contribution is -2.19. The highest BCUT2D eigenvalue weighted by Gasteiger charge is 2.36. The molecule has 0 bridgehead atoms. The van der Waals surface area contributed by atoms with Crippen molar-refractivity contribution < 1.29 is 32.2 Å². The van der Waals surface area contributed by atoms with Crippen LogP contribution in [0.4, 0.5) is 29.5 Å². The standard InChI is InChI=1S/C27H21F3N6O4/c1-38-21-12-19-20(13-22(21)39-2)31-15-32-25(19)40-18-10-6-7-16(11-18)33-26(37)34-24-14-23(27(28,29)30)36(35-24)17-8-4-3-5-9-17/h3-15H,1-2H3,(H2,33,34,35,37). The molecular formula is C27H21F3N6O4. The maximum absolute atomic E-state index is 13.6. The van der Waals surface area contributed by atoms with Gasteiger partial charge in [0.2, 0.25) is 5.88 Å². The smallest absolute Gasteiger partial charge is 0.433 e. The summed E-state index contributed by atoms with van der Waals surface area (Å²) in [6.45, 7) is 0. The van der Waals surface area contributed by atoms with Gasteiger partial charge in [0.1, 0.15) is 17.8 Å². The fraction of sp³-hybridized carbons (Fsp3) is 0.111. The Balaban J connectivity index is 1.34. The Kier molecular flexibility index (Phi) is 7.10. The van der Waals surface area contributed by atoms with Crippen LogP contribution in [0.3, 0.4) is 0 Å². The van der Waals surface area contributed by atoms with Crippen molar-refractivity contribution in [1.82, 2.24) is 19.7 Å². The van der Waals surface area contributed by atoms with Gasteiger partial charge in [-0.15, -0.1) is 5.10 Å². The van der Waals surface area contributed by atoms with E-state index in [2.05, 4.69) is 25.7 Å². The number of urea groups is 1. The van der Waals surface area contributed by atoms with Crippen LogP contribution in [0, 0.1) is 0 Å². The van der Waals surface area contributed by atoms with Crippen molar-refractivity contribution in [2.24, 2.45) is 0 Å². The lowest BCUT2D eigenvalue weighted by Gasteiger charge is -2.12. The average Bonchev–Trinajstić information content (AvgIpc) is 3.37. The third-order valence-electron chi connectivity index (χ3n) is 5.65. The van der Waals surface area contributed by atoms with Gasteiger partial charge < -0.3 is 19.5 Å². The number of alkyl halides is 3. The molecule has 0 atom stereocenters. The molecule has 5 rings (SSSR count). The van der Waals surface area contributed by atoms with Crippen LogP contribution in [0.15, 0.2) is 79.1 Å². The van der Waals surface area contributed by atoms with Gasteiger partial charge in [-0.3, -0.25) is 5.32 Å². The zero-order valence-corrected chi connectivity index (χ0v) is 21.1. The molecule has 0 saturated heterocycles. The molecule has 0 radical (unpaired) electrons. The second-order valence-corrected chi connectivity index (χ2v) is 8.27. The predicted octanol–water partition coefficient (Wildman–Crippen LogP) is 6.29. The molecule has 204 valence electrons. The number of nitrogens with zero attached hydrogens (tertiary/aromatic N) is 4. The van der Waals surface area contributed by atoms with E-state index in [0.29, 0.717) is 33.8 Å². The summed E-state index contributed by atoms with van der Waals surface area (Å²) in [6, 6.07) is 17.5. The fourth-order valence-electron chi connectivity index (χ4n) is 3.88. The number of benzene rings is 3. The molecule has 5 aromatic rings. The summed E-state index contributed by atoms with van der Waals surface area (Å²) in [7, 11) is 3.02. The molecule has 40 heavy (non-hydrogen) atoms. The van der Waals surface area contributed by atoms with Crippen LogP contribution >= 0.6 is 0 Å². The summed E-state index contributed by atoms with van der Waals surface area (Å²) >= 11 is 0. The minimum absolute atomic E-state index is 0.196. The number of halogens is 3. The van der Waals surface area contributed by atoms with Crippen molar-refractivity contribution in [2.45, 2.75) is 6.18 Å². The van der Waals surface area contributed by atoms with Crippen LogP contribution < -0.4 is 24.8 Å². The SMILES string of the molecule is COc1cc2ncnc(Oc3cccc(NC(=O)Nc4cc(C(F)(F)F)n(-c5ccccc5)n4)c3)c2cc1OC. The number of amides is 2. The summed E-state index contributed by atoms with van der Waals surface area (Å²) < 4.78 is 58.2. The third kappa shape index (κ3) is 5.57. The number of para-hydroxylation sites is 1. The highest BCUT2D eigenvalue weighted by Crippen LogP contribution is 2.36. The quantitative estimate of drug-likeness (QED) is 0.245. The Morgan fingerprint density at radius 2 is 1.62 bits per heavy atom. The van der Waals surface area contributed by atoms with E-state index in [-0.39, 0.29) is 17.4 Å². The molecule has 0 spiro atoms. The fourth-order valence-corrected chi connectivity index (χ4v) is 3.88. The molecule has 2 N–H and O–H groups in total. The normalized spacial score (nSPS) is 11.2. The van der Waals surface area contributed by atoms with Gasteiger partial charge in [-0.1, -0.05) is 24.3 Å². The van der Waals surface area contributed by atoms with E-state index in [4.69, 9.17) is 14.2 Å². The van der Waals surface area contributed by atoms with Gasteiger partial charge in [0.25, 0.3) is 0 Å². The van der Waals surface area contributed by atoms with E-state index in [1.54, 1.807) is 48.5 Å². The third-order valence-corrected chi connectivity index (χ3v) is 5.65. The first kappa shape index (κ1) is 26.3. The number of hydrogen-bond donors (Lipinski definition) is 2. The van der Waals surface area contributed by atoms with Crippen LogP contribution in [-0.4, -0.2) is 40.0 Å². The Morgan fingerprint density at radius 3 is 2.35 bits per heavy atom. The number of anilines is 2. The number of ether oxygens (including phenoxy) is 3. The summed E-state index contributed by atoms with van der Waals surface area (Å²) in [5.74, 6) is 1.25. The van der Waals surface area contributed by atoms with Crippen molar-refractivity contribution in [1.29, 1.82) is 0 Å². The summed E-state index contributed by atoms with van der Waals surface area (Å²) in [5, 5.41) is 9.39. The highest BCUT2D eigenvalue weighted by molar-refractivity contribution is 5.99. The van der Waals surface area contributed by atoms with Gasteiger partial charge in [-0.2, -0.15) is 13.2 Å². The van der Waals surface area contributed by atoms with Gasteiger partial charge in [0, 0.05) is 23.9 Å². The molecule has 3 aromatic carbocycles. The van der Waals surface area contributed by atoms with Crippen molar-refractivity contribution in [3.63, 3.8) is 0 Å². The number of nitrogens with one attached hydrogen (secondary N) is 2. The first-order chi connectivity index (χ1) is 19.2. The largest absolute Gasteiger partial charge is 0.493 e. The van der Waals surface area contributed by atoms with E-state index >= 15 is 0 Å². The number of rotatable bonds is 7. The van der Waals surface area contributed by atoms with Gasteiger partial charge in [-0.25, -0.2) is 19.4 Å². The molecule has 0 unspecified atom stereocenters. The van der Waals surface area contributed by atoms with E-state index in [1.165, 1.54) is 38.7 Å². The summed E-state index contributed by atoms with van der Waals surface area (Å²) in [5.41, 5.74) is 0.0350.